The molecule has 8 heteroatoms. The van der Waals surface area contributed by atoms with Crippen LogP contribution in [0.5, 0.6) is 0 Å². The molecule has 1 aromatic carbocycles. The quantitative estimate of drug-likeness (QED) is 0.632. The Labute approximate surface area is 167 Å². The molecule has 0 spiro atoms. The van der Waals surface area contributed by atoms with Crippen molar-refractivity contribution < 1.29 is 22.7 Å². The Hall–Kier alpha value is -1.93. The number of nitrogens with one attached hydrogen (secondary N) is 1. The van der Waals surface area contributed by atoms with Gasteiger partial charge in [0.2, 0.25) is 10.0 Å². The summed E-state index contributed by atoms with van der Waals surface area (Å²) < 4.78 is 31.5. The third-order valence-electron chi connectivity index (χ3n) is 5.06. The Kier molecular flexibility index (Phi) is 8.44. The van der Waals surface area contributed by atoms with Crippen LogP contribution in [0.15, 0.2) is 29.2 Å². The molecule has 1 N–H and O–H groups in total. The Morgan fingerprint density at radius 1 is 1.07 bits per heavy atom. The van der Waals surface area contributed by atoms with Crippen LogP contribution in [-0.4, -0.2) is 50.8 Å². The van der Waals surface area contributed by atoms with E-state index in [0.29, 0.717) is 31.2 Å². The maximum absolute atomic E-state index is 12.5. The van der Waals surface area contributed by atoms with Gasteiger partial charge in [-0.05, 0) is 43.0 Å². The zero-order valence-electron chi connectivity index (χ0n) is 16.6. The number of amides is 1. The largest absolute Gasteiger partial charge is 0.464 e. The van der Waals surface area contributed by atoms with Crippen molar-refractivity contribution in [3.63, 3.8) is 0 Å². The second kappa shape index (κ2) is 10.6. The lowest BCUT2D eigenvalue weighted by atomic mass is 9.90. The first-order valence-corrected chi connectivity index (χ1v) is 11.4. The molecule has 1 fully saturated rings. The summed E-state index contributed by atoms with van der Waals surface area (Å²) in [6.07, 6.45) is 5.78. The van der Waals surface area contributed by atoms with Gasteiger partial charge in [-0.2, -0.15) is 4.31 Å². The van der Waals surface area contributed by atoms with Gasteiger partial charge >= 0.3 is 5.97 Å². The monoisotopic (exact) mass is 410 g/mol. The molecule has 0 aromatic heterocycles. The van der Waals surface area contributed by atoms with E-state index in [4.69, 9.17) is 4.74 Å². The fraction of sp³-hybridized carbons (Fsp3) is 0.600. The summed E-state index contributed by atoms with van der Waals surface area (Å²) in [6.45, 7) is 4.51. The van der Waals surface area contributed by atoms with Gasteiger partial charge in [0.15, 0.2) is 0 Å². The average Bonchev–Trinajstić information content (AvgIpc) is 2.72. The minimum Gasteiger partial charge on any atom is -0.464 e. The van der Waals surface area contributed by atoms with Crippen LogP contribution in [0.2, 0.25) is 0 Å². The van der Waals surface area contributed by atoms with Gasteiger partial charge in [0.25, 0.3) is 5.91 Å². The van der Waals surface area contributed by atoms with Crippen LogP contribution >= 0.6 is 0 Å². The van der Waals surface area contributed by atoms with Crippen molar-refractivity contribution in [3.8, 4) is 0 Å². The van der Waals surface area contributed by atoms with Crippen LogP contribution in [0, 0.1) is 5.92 Å². The maximum Gasteiger partial charge on any atom is 0.325 e. The van der Waals surface area contributed by atoms with Crippen LogP contribution in [0.25, 0.3) is 0 Å². The summed E-state index contributed by atoms with van der Waals surface area (Å²) in [6, 6.07) is 5.70. The second-order valence-electron chi connectivity index (χ2n) is 6.98. The van der Waals surface area contributed by atoms with Crippen LogP contribution in [0.1, 0.15) is 56.3 Å². The van der Waals surface area contributed by atoms with Gasteiger partial charge in [-0.25, -0.2) is 8.42 Å². The first-order chi connectivity index (χ1) is 13.4. The number of hydrogen-bond acceptors (Lipinski definition) is 5. The van der Waals surface area contributed by atoms with E-state index in [1.807, 2.05) is 0 Å². The van der Waals surface area contributed by atoms with E-state index < -0.39 is 21.9 Å². The van der Waals surface area contributed by atoms with Crippen LogP contribution in [0.4, 0.5) is 0 Å². The number of ether oxygens (including phenoxy) is 1. The highest BCUT2D eigenvalue weighted by Gasteiger charge is 2.22. The lowest BCUT2D eigenvalue weighted by molar-refractivity contribution is -0.144. The number of carbonyl (C=O) groups excluding carboxylic acids is 2. The molecule has 0 bridgehead atoms. The van der Waals surface area contributed by atoms with Crippen molar-refractivity contribution in [2.75, 3.05) is 26.2 Å². The number of nitrogens with zero attached hydrogens (tertiary/aromatic N) is 1. The van der Waals surface area contributed by atoms with Crippen molar-refractivity contribution in [1.29, 1.82) is 0 Å². The lowest BCUT2D eigenvalue weighted by Gasteiger charge is -2.21. The molecular weight excluding hydrogens is 380 g/mol. The molecule has 1 aromatic rings. The molecular formula is C20H30N2O5S. The van der Waals surface area contributed by atoms with Gasteiger partial charge in [-0.1, -0.05) is 33.1 Å². The molecule has 0 heterocycles. The highest BCUT2D eigenvalue weighted by Crippen LogP contribution is 2.23. The van der Waals surface area contributed by atoms with Gasteiger partial charge in [0, 0.05) is 18.7 Å². The van der Waals surface area contributed by atoms with E-state index in [2.05, 4.69) is 5.32 Å². The molecule has 28 heavy (non-hydrogen) atoms. The van der Waals surface area contributed by atoms with Crippen LogP contribution < -0.4 is 5.32 Å². The molecule has 0 atom stereocenters. The second-order valence-corrected chi connectivity index (χ2v) is 8.92. The van der Waals surface area contributed by atoms with Crippen LogP contribution in [-0.2, 0) is 19.6 Å². The summed E-state index contributed by atoms with van der Waals surface area (Å²) in [5.74, 6) is -0.477. The number of hydrogen-bond donors (Lipinski definition) is 1. The smallest absolute Gasteiger partial charge is 0.325 e. The Morgan fingerprint density at radius 3 is 2.25 bits per heavy atom. The number of carbonyl (C=O) groups is 2. The number of esters is 1. The predicted octanol–water partition coefficient (Wildman–Crippen LogP) is 2.57. The lowest BCUT2D eigenvalue weighted by Crippen LogP contribution is -2.32. The molecule has 0 aliphatic heterocycles. The average molecular weight is 411 g/mol. The third-order valence-corrected chi connectivity index (χ3v) is 7.12. The minimum absolute atomic E-state index is 0.139. The fourth-order valence-corrected chi connectivity index (χ4v) is 4.82. The van der Waals surface area contributed by atoms with Crippen LogP contribution in [0.3, 0.4) is 0 Å². The number of benzene rings is 1. The minimum atomic E-state index is -3.56. The number of rotatable bonds is 9. The molecule has 1 amide bonds. The maximum atomic E-state index is 12.5. The zero-order chi connectivity index (χ0) is 20.6. The van der Waals surface area contributed by atoms with Crippen molar-refractivity contribution in [3.05, 3.63) is 29.8 Å². The first-order valence-electron chi connectivity index (χ1n) is 9.92. The van der Waals surface area contributed by atoms with Gasteiger partial charge in [0.1, 0.15) is 6.54 Å². The van der Waals surface area contributed by atoms with E-state index in [1.165, 1.54) is 47.8 Å². The molecule has 156 valence electrons. The summed E-state index contributed by atoms with van der Waals surface area (Å²) in [5, 5.41) is 2.52. The van der Waals surface area contributed by atoms with E-state index >= 15 is 0 Å². The standard InChI is InChI=1S/C20H30N2O5S/c1-3-22(4-2)28(25,26)18-12-10-17(11-13-18)20(24)21-14-19(23)27-15-16-8-6-5-7-9-16/h10-13,16H,3-9,14-15H2,1-2H3,(H,21,24). The zero-order valence-corrected chi connectivity index (χ0v) is 17.5. The van der Waals surface area contributed by atoms with E-state index in [9.17, 15) is 18.0 Å². The molecule has 0 unspecified atom stereocenters. The SMILES string of the molecule is CCN(CC)S(=O)(=O)c1ccc(C(=O)NCC(=O)OCC2CCCCC2)cc1. The molecule has 1 aliphatic rings. The molecule has 1 saturated carbocycles. The number of sulfonamides is 1. The van der Waals surface area contributed by atoms with E-state index in [0.717, 1.165) is 12.8 Å². The van der Waals surface area contributed by atoms with Gasteiger partial charge < -0.3 is 10.1 Å². The predicted molar refractivity (Wildman–Crippen MR) is 106 cm³/mol. The highest BCUT2D eigenvalue weighted by atomic mass is 32.2. The fourth-order valence-electron chi connectivity index (χ4n) is 3.36. The molecule has 1 aliphatic carbocycles. The van der Waals surface area contributed by atoms with Gasteiger partial charge in [-0.15, -0.1) is 0 Å². The summed E-state index contributed by atoms with van der Waals surface area (Å²) in [5.41, 5.74) is 0.290. The highest BCUT2D eigenvalue weighted by molar-refractivity contribution is 7.89. The van der Waals surface area contributed by atoms with E-state index in [1.54, 1.807) is 13.8 Å². The van der Waals surface area contributed by atoms with Crippen molar-refractivity contribution in [1.82, 2.24) is 9.62 Å². The summed E-state index contributed by atoms with van der Waals surface area (Å²) in [4.78, 5) is 24.1. The Balaban J connectivity index is 1.84. The third kappa shape index (κ3) is 6.04. The molecule has 0 radical (unpaired) electrons. The molecule has 2 rings (SSSR count). The van der Waals surface area contributed by atoms with Crippen molar-refractivity contribution in [2.24, 2.45) is 5.92 Å². The van der Waals surface area contributed by atoms with E-state index in [-0.39, 0.29) is 11.4 Å². The van der Waals surface area contributed by atoms with Crippen molar-refractivity contribution >= 4 is 21.9 Å². The Morgan fingerprint density at radius 2 is 1.68 bits per heavy atom. The molecule has 7 nitrogen and oxygen atoms in total. The van der Waals surface area contributed by atoms with Gasteiger partial charge in [0.05, 0.1) is 11.5 Å². The molecule has 0 saturated heterocycles. The van der Waals surface area contributed by atoms with Gasteiger partial charge in [-0.3, -0.25) is 9.59 Å². The summed E-state index contributed by atoms with van der Waals surface area (Å²) in [7, 11) is -3.56. The Bertz CT molecular complexity index is 751. The first kappa shape index (κ1) is 22.4. The van der Waals surface area contributed by atoms with Crippen molar-refractivity contribution in [2.45, 2.75) is 50.8 Å². The normalized spacial score (nSPS) is 15.4. The summed E-state index contributed by atoms with van der Waals surface area (Å²) >= 11 is 0. The topological polar surface area (TPSA) is 92.8 Å².